The summed E-state index contributed by atoms with van der Waals surface area (Å²) in [5, 5.41) is 0. The first-order chi connectivity index (χ1) is 18.6. The SMILES string of the molecule is CCCCCCOc1ccc(C(=O)OOC(CCC)OOC(=O)c2ccc(OCCCCCC)cc2)cc1. The minimum Gasteiger partial charge on any atom is -0.494 e. The van der Waals surface area contributed by atoms with E-state index < -0.39 is 18.2 Å². The topological polar surface area (TPSA) is 89.5 Å². The van der Waals surface area contributed by atoms with E-state index >= 15 is 0 Å². The molecule has 0 aliphatic carbocycles. The second-order valence-corrected chi connectivity index (χ2v) is 9.02. The summed E-state index contributed by atoms with van der Waals surface area (Å²) in [5.41, 5.74) is 0.589. The first kappa shape index (κ1) is 31.1. The van der Waals surface area contributed by atoms with E-state index in [1.165, 1.54) is 25.7 Å². The van der Waals surface area contributed by atoms with E-state index in [2.05, 4.69) is 13.8 Å². The van der Waals surface area contributed by atoms with Crippen molar-refractivity contribution in [2.45, 2.75) is 91.3 Å². The summed E-state index contributed by atoms with van der Waals surface area (Å²) in [4.78, 5) is 44.7. The van der Waals surface area contributed by atoms with Crippen LogP contribution in [0, 0.1) is 0 Å². The molecule has 0 bridgehead atoms. The number of benzene rings is 2. The van der Waals surface area contributed by atoms with Gasteiger partial charge < -0.3 is 9.47 Å². The van der Waals surface area contributed by atoms with Gasteiger partial charge in [0.05, 0.1) is 24.3 Å². The molecular formula is C30H42O8. The van der Waals surface area contributed by atoms with Gasteiger partial charge in [0, 0.05) is 6.42 Å². The molecule has 0 fully saturated rings. The van der Waals surface area contributed by atoms with Gasteiger partial charge in [0.1, 0.15) is 11.5 Å². The highest BCUT2D eigenvalue weighted by molar-refractivity contribution is 5.89. The lowest BCUT2D eigenvalue weighted by Gasteiger charge is -2.14. The first-order valence-electron chi connectivity index (χ1n) is 13.8. The Hall–Kier alpha value is -3.10. The second kappa shape index (κ2) is 19.0. The molecule has 0 aromatic heterocycles. The van der Waals surface area contributed by atoms with E-state index in [4.69, 9.17) is 29.0 Å². The molecule has 8 heteroatoms. The Morgan fingerprint density at radius 2 is 1.00 bits per heavy atom. The minimum absolute atomic E-state index is 0.295. The highest BCUT2D eigenvalue weighted by atomic mass is 17.3. The van der Waals surface area contributed by atoms with Gasteiger partial charge >= 0.3 is 11.9 Å². The molecule has 2 aromatic rings. The predicted molar refractivity (Wildman–Crippen MR) is 144 cm³/mol. The summed E-state index contributed by atoms with van der Waals surface area (Å²) >= 11 is 0. The Morgan fingerprint density at radius 1 is 0.579 bits per heavy atom. The number of ether oxygens (including phenoxy) is 2. The van der Waals surface area contributed by atoms with Crippen LogP contribution in [0.3, 0.4) is 0 Å². The molecular weight excluding hydrogens is 488 g/mol. The van der Waals surface area contributed by atoms with Crippen LogP contribution < -0.4 is 9.47 Å². The molecule has 210 valence electrons. The monoisotopic (exact) mass is 530 g/mol. The van der Waals surface area contributed by atoms with E-state index in [0.717, 1.165) is 25.7 Å². The smallest absolute Gasteiger partial charge is 0.373 e. The van der Waals surface area contributed by atoms with Gasteiger partial charge in [-0.3, -0.25) is 9.78 Å². The van der Waals surface area contributed by atoms with Crippen molar-refractivity contribution in [3.05, 3.63) is 59.7 Å². The molecule has 0 saturated heterocycles. The van der Waals surface area contributed by atoms with Gasteiger partial charge in [-0.1, -0.05) is 65.7 Å². The number of carbonyl (C=O) groups is 2. The largest absolute Gasteiger partial charge is 0.494 e. The molecule has 0 atom stereocenters. The highest BCUT2D eigenvalue weighted by Gasteiger charge is 2.19. The molecule has 38 heavy (non-hydrogen) atoms. The van der Waals surface area contributed by atoms with Crippen molar-refractivity contribution in [3.8, 4) is 11.5 Å². The first-order valence-corrected chi connectivity index (χ1v) is 13.8. The van der Waals surface area contributed by atoms with Crippen molar-refractivity contribution in [1.82, 2.24) is 0 Å². The van der Waals surface area contributed by atoms with Gasteiger partial charge in [-0.2, -0.15) is 0 Å². The Morgan fingerprint density at radius 3 is 1.37 bits per heavy atom. The van der Waals surface area contributed by atoms with E-state index in [-0.39, 0.29) is 0 Å². The molecule has 0 saturated carbocycles. The average Bonchev–Trinajstić information content (AvgIpc) is 2.94. The predicted octanol–water partition coefficient (Wildman–Crippen LogP) is 7.61. The zero-order valence-electron chi connectivity index (χ0n) is 22.9. The summed E-state index contributed by atoms with van der Waals surface area (Å²) in [6, 6.07) is 13.2. The Kier molecular flexibility index (Phi) is 15.6. The fourth-order valence-corrected chi connectivity index (χ4v) is 3.45. The van der Waals surface area contributed by atoms with Crippen LogP contribution in [-0.2, 0) is 19.6 Å². The number of hydrogen-bond acceptors (Lipinski definition) is 8. The molecule has 2 rings (SSSR count). The fourth-order valence-electron chi connectivity index (χ4n) is 3.45. The van der Waals surface area contributed by atoms with Crippen LogP contribution in [0.5, 0.6) is 11.5 Å². The summed E-state index contributed by atoms with van der Waals surface area (Å²) in [7, 11) is 0. The zero-order chi connectivity index (χ0) is 27.4. The maximum absolute atomic E-state index is 12.4. The lowest BCUT2D eigenvalue weighted by atomic mass is 10.2. The molecule has 2 aromatic carbocycles. The maximum Gasteiger partial charge on any atom is 0.373 e. The van der Waals surface area contributed by atoms with Crippen LogP contribution in [-0.4, -0.2) is 31.4 Å². The van der Waals surface area contributed by atoms with Crippen molar-refractivity contribution in [2.24, 2.45) is 0 Å². The van der Waals surface area contributed by atoms with Crippen molar-refractivity contribution < 1.29 is 38.6 Å². The molecule has 0 aliphatic rings. The van der Waals surface area contributed by atoms with Crippen LogP contribution >= 0.6 is 0 Å². The van der Waals surface area contributed by atoms with Crippen molar-refractivity contribution in [1.29, 1.82) is 0 Å². The molecule has 0 heterocycles. The third-order valence-electron chi connectivity index (χ3n) is 5.70. The number of rotatable bonds is 20. The summed E-state index contributed by atoms with van der Waals surface area (Å²) < 4.78 is 11.4. The molecule has 0 spiro atoms. The summed E-state index contributed by atoms with van der Waals surface area (Å²) in [5.74, 6) is -0.0177. The standard InChI is InChI=1S/C30H42O8/c1-4-7-9-11-22-33-26-18-14-24(15-19-26)29(31)37-35-28(13-6-3)36-38-30(32)25-16-20-27(21-17-25)34-23-12-10-8-5-2/h14-21,28H,4-13,22-23H2,1-3H3. The number of hydrogen-bond donors (Lipinski definition) is 0. The second-order valence-electron chi connectivity index (χ2n) is 9.02. The van der Waals surface area contributed by atoms with Crippen molar-refractivity contribution in [2.75, 3.05) is 13.2 Å². The highest BCUT2D eigenvalue weighted by Crippen LogP contribution is 2.17. The minimum atomic E-state index is -1.07. The molecule has 0 radical (unpaired) electrons. The van der Waals surface area contributed by atoms with Crippen LogP contribution in [0.4, 0.5) is 0 Å². The Labute approximate surface area is 226 Å². The molecule has 0 N–H and O–H groups in total. The number of carbonyl (C=O) groups excluding carboxylic acids is 2. The van der Waals surface area contributed by atoms with Crippen LogP contribution in [0.1, 0.15) is 106 Å². The average molecular weight is 531 g/mol. The quantitative estimate of drug-likeness (QED) is 0.0748. The Bertz CT molecular complexity index is 837. The summed E-state index contributed by atoms with van der Waals surface area (Å²) in [6.45, 7) is 7.50. The van der Waals surface area contributed by atoms with Gasteiger partial charge in [0.2, 0.25) is 6.29 Å². The van der Waals surface area contributed by atoms with Gasteiger partial charge in [0.25, 0.3) is 0 Å². The van der Waals surface area contributed by atoms with Gasteiger partial charge in [-0.05, 0) is 61.4 Å². The third-order valence-corrected chi connectivity index (χ3v) is 5.70. The van der Waals surface area contributed by atoms with Gasteiger partial charge in [0.15, 0.2) is 0 Å². The maximum atomic E-state index is 12.4. The number of unbranched alkanes of at least 4 members (excludes halogenated alkanes) is 6. The fraction of sp³-hybridized carbons (Fsp3) is 0.533. The van der Waals surface area contributed by atoms with E-state index in [0.29, 0.717) is 48.7 Å². The van der Waals surface area contributed by atoms with Crippen LogP contribution in [0.2, 0.25) is 0 Å². The van der Waals surface area contributed by atoms with Gasteiger partial charge in [-0.15, -0.1) is 9.78 Å². The van der Waals surface area contributed by atoms with E-state index in [9.17, 15) is 9.59 Å². The van der Waals surface area contributed by atoms with Gasteiger partial charge in [-0.25, -0.2) is 9.59 Å². The molecule has 8 nitrogen and oxygen atoms in total. The van der Waals surface area contributed by atoms with Crippen LogP contribution in [0.25, 0.3) is 0 Å². The van der Waals surface area contributed by atoms with E-state index in [1.807, 2.05) is 6.92 Å². The lowest BCUT2D eigenvalue weighted by molar-refractivity contribution is -0.421. The third kappa shape index (κ3) is 12.4. The molecule has 0 aliphatic heterocycles. The lowest BCUT2D eigenvalue weighted by Crippen LogP contribution is -2.22. The summed E-state index contributed by atoms with van der Waals surface area (Å²) in [6.07, 6.45) is 8.92. The van der Waals surface area contributed by atoms with Crippen molar-refractivity contribution in [3.63, 3.8) is 0 Å². The molecule has 0 unspecified atom stereocenters. The van der Waals surface area contributed by atoms with Crippen molar-refractivity contribution >= 4 is 11.9 Å². The molecule has 0 amide bonds. The Balaban J connectivity index is 1.74. The zero-order valence-corrected chi connectivity index (χ0v) is 22.9. The normalized spacial score (nSPS) is 10.8. The van der Waals surface area contributed by atoms with Crippen LogP contribution in [0.15, 0.2) is 48.5 Å². The van der Waals surface area contributed by atoms with E-state index in [1.54, 1.807) is 48.5 Å².